The number of carbonyl (C=O) groups excluding carboxylic acids is 1. The van der Waals surface area contributed by atoms with E-state index in [1.165, 1.54) is 29.0 Å². The molecule has 1 heterocycles. The summed E-state index contributed by atoms with van der Waals surface area (Å²) in [7, 11) is 0. The lowest BCUT2D eigenvalue weighted by atomic mass is 9.88. The van der Waals surface area contributed by atoms with Crippen LogP contribution in [0.5, 0.6) is 0 Å². The van der Waals surface area contributed by atoms with Crippen molar-refractivity contribution in [2.75, 3.05) is 5.75 Å². The van der Waals surface area contributed by atoms with E-state index in [-0.39, 0.29) is 23.3 Å². The van der Waals surface area contributed by atoms with Crippen molar-refractivity contribution < 1.29 is 4.79 Å². The number of nitrogens with zero attached hydrogens (tertiary/aromatic N) is 1. The Kier molecular flexibility index (Phi) is 4.81. The predicted molar refractivity (Wildman–Crippen MR) is 90.6 cm³/mol. The fourth-order valence-electron chi connectivity index (χ4n) is 2.89. The number of nitrogens with one attached hydrogen (secondary N) is 2. The Morgan fingerprint density at radius 1 is 1.43 bits per heavy atom. The highest BCUT2D eigenvalue weighted by atomic mass is 32.2. The van der Waals surface area contributed by atoms with E-state index in [0.717, 1.165) is 19.3 Å². The van der Waals surface area contributed by atoms with Crippen molar-refractivity contribution in [2.24, 2.45) is 0 Å². The van der Waals surface area contributed by atoms with Crippen molar-refractivity contribution in [1.82, 2.24) is 15.3 Å². The van der Waals surface area contributed by atoms with Gasteiger partial charge < -0.3 is 10.3 Å². The van der Waals surface area contributed by atoms with Gasteiger partial charge in [0.15, 0.2) is 5.16 Å². The topological polar surface area (TPSA) is 74.8 Å². The van der Waals surface area contributed by atoms with E-state index in [2.05, 4.69) is 27.4 Å². The van der Waals surface area contributed by atoms with Gasteiger partial charge in [0.05, 0.1) is 11.8 Å². The molecule has 3 rings (SSSR count). The van der Waals surface area contributed by atoms with E-state index < -0.39 is 0 Å². The molecular formula is C17H19N3O2S. The van der Waals surface area contributed by atoms with E-state index in [1.807, 2.05) is 12.1 Å². The standard InChI is InChI=1S/C17H19N3O2S/c1-11-9-15(21)20-17(18-11)23-10-16(22)19-14-8-4-6-12-5-2-3-7-13(12)14/h2-3,5,7,9,14H,4,6,8,10H2,1H3,(H,19,22)(H,18,20,21)/t14-/m0/s1. The Labute approximate surface area is 138 Å². The van der Waals surface area contributed by atoms with E-state index >= 15 is 0 Å². The van der Waals surface area contributed by atoms with Crippen LogP contribution < -0.4 is 10.9 Å². The number of hydrogen-bond donors (Lipinski definition) is 2. The van der Waals surface area contributed by atoms with Gasteiger partial charge in [-0.15, -0.1) is 0 Å². The fraction of sp³-hybridized carbons (Fsp3) is 0.353. The van der Waals surface area contributed by atoms with E-state index in [9.17, 15) is 9.59 Å². The Bertz CT molecular complexity index is 772. The Hall–Kier alpha value is -2.08. The van der Waals surface area contributed by atoms with Crippen molar-refractivity contribution in [3.8, 4) is 0 Å². The zero-order valence-corrected chi connectivity index (χ0v) is 13.8. The fourth-order valence-corrected chi connectivity index (χ4v) is 3.63. The largest absolute Gasteiger partial charge is 0.349 e. The molecule has 0 saturated heterocycles. The van der Waals surface area contributed by atoms with Gasteiger partial charge in [-0.2, -0.15) is 0 Å². The maximum atomic E-state index is 12.2. The minimum absolute atomic E-state index is 0.0409. The molecule has 1 amide bonds. The Morgan fingerprint density at radius 3 is 3.09 bits per heavy atom. The van der Waals surface area contributed by atoms with Crippen LogP contribution in [0, 0.1) is 6.92 Å². The molecule has 1 aromatic carbocycles. The molecular weight excluding hydrogens is 310 g/mol. The number of fused-ring (bicyclic) bond motifs is 1. The third kappa shape index (κ3) is 4.01. The summed E-state index contributed by atoms with van der Waals surface area (Å²) in [4.78, 5) is 30.5. The zero-order chi connectivity index (χ0) is 16.2. The summed E-state index contributed by atoms with van der Waals surface area (Å²) in [5.74, 6) is 0.200. The molecule has 1 aromatic heterocycles. The van der Waals surface area contributed by atoms with Crippen molar-refractivity contribution in [1.29, 1.82) is 0 Å². The number of aryl methyl sites for hydroxylation is 2. The van der Waals surface area contributed by atoms with Gasteiger partial charge in [-0.25, -0.2) is 4.98 Å². The second-order valence-corrected chi connectivity index (χ2v) is 6.66. The molecule has 0 fully saturated rings. The molecule has 0 saturated carbocycles. The average molecular weight is 329 g/mol. The minimum Gasteiger partial charge on any atom is -0.349 e. The molecule has 120 valence electrons. The Morgan fingerprint density at radius 2 is 2.26 bits per heavy atom. The highest BCUT2D eigenvalue weighted by molar-refractivity contribution is 7.99. The van der Waals surface area contributed by atoms with Gasteiger partial charge in [0.2, 0.25) is 5.91 Å². The SMILES string of the molecule is Cc1cc(=O)[nH]c(SCC(=O)N[C@H]2CCCc3ccccc32)n1. The first-order valence-electron chi connectivity index (χ1n) is 7.70. The van der Waals surface area contributed by atoms with Gasteiger partial charge in [0, 0.05) is 11.8 Å². The van der Waals surface area contributed by atoms with Crippen molar-refractivity contribution in [2.45, 2.75) is 37.4 Å². The summed E-state index contributed by atoms with van der Waals surface area (Å²) < 4.78 is 0. The van der Waals surface area contributed by atoms with Gasteiger partial charge in [0.1, 0.15) is 0 Å². The van der Waals surface area contributed by atoms with Crippen LogP contribution in [0.2, 0.25) is 0 Å². The highest BCUT2D eigenvalue weighted by Gasteiger charge is 2.21. The van der Waals surface area contributed by atoms with E-state index in [1.54, 1.807) is 6.92 Å². The molecule has 1 aliphatic carbocycles. The van der Waals surface area contributed by atoms with E-state index in [0.29, 0.717) is 10.9 Å². The van der Waals surface area contributed by atoms with Crippen LogP contribution >= 0.6 is 11.8 Å². The number of aromatic nitrogens is 2. The summed E-state index contributed by atoms with van der Waals surface area (Å²) in [5.41, 5.74) is 3.00. The molecule has 0 bridgehead atoms. The van der Waals surface area contributed by atoms with Crippen LogP contribution in [0.4, 0.5) is 0 Å². The van der Waals surface area contributed by atoms with Gasteiger partial charge >= 0.3 is 0 Å². The van der Waals surface area contributed by atoms with Crippen molar-refractivity contribution in [3.05, 3.63) is 57.5 Å². The molecule has 2 N–H and O–H groups in total. The molecule has 6 heteroatoms. The number of thioether (sulfide) groups is 1. The Balaban J connectivity index is 1.61. The molecule has 5 nitrogen and oxygen atoms in total. The predicted octanol–water partition coefficient (Wildman–Crippen LogP) is 2.36. The molecule has 0 unspecified atom stereocenters. The van der Waals surface area contributed by atoms with Crippen molar-refractivity contribution >= 4 is 17.7 Å². The second-order valence-electron chi connectivity index (χ2n) is 5.69. The lowest BCUT2D eigenvalue weighted by Gasteiger charge is -2.26. The highest BCUT2D eigenvalue weighted by Crippen LogP contribution is 2.29. The van der Waals surface area contributed by atoms with Crippen LogP contribution in [-0.4, -0.2) is 21.6 Å². The number of amides is 1. The average Bonchev–Trinajstić information content (AvgIpc) is 2.52. The number of hydrogen-bond acceptors (Lipinski definition) is 4. The molecule has 0 aliphatic heterocycles. The summed E-state index contributed by atoms with van der Waals surface area (Å²) in [6.45, 7) is 1.76. The molecule has 23 heavy (non-hydrogen) atoms. The van der Waals surface area contributed by atoms with Gasteiger partial charge in [-0.3, -0.25) is 9.59 Å². The quantitative estimate of drug-likeness (QED) is 0.667. The van der Waals surface area contributed by atoms with Gasteiger partial charge in [0.25, 0.3) is 5.56 Å². The first-order valence-corrected chi connectivity index (χ1v) is 8.68. The van der Waals surface area contributed by atoms with Gasteiger partial charge in [-0.1, -0.05) is 36.0 Å². The number of H-pyrrole nitrogens is 1. The third-order valence-electron chi connectivity index (χ3n) is 3.89. The van der Waals surface area contributed by atoms with Crippen LogP contribution in [0.3, 0.4) is 0 Å². The van der Waals surface area contributed by atoms with Gasteiger partial charge in [-0.05, 0) is 37.3 Å². The maximum absolute atomic E-state index is 12.2. The lowest BCUT2D eigenvalue weighted by Crippen LogP contribution is -2.32. The number of aromatic amines is 1. The molecule has 1 aliphatic rings. The first-order chi connectivity index (χ1) is 11.1. The molecule has 0 spiro atoms. The number of carbonyl (C=O) groups is 1. The number of benzene rings is 1. The molecule has 1 atom stereocenters. The summed E-state index contributed by atoms with van der Waals surface area (Å²) in [6, 6.07) is 9.79. The summed E-state index contributed by atoms with van der Waals surface area (Å²) in [6.07, 6.45) is 3.13. The minimum atomic E-state index is -0.193. The maximum Gasteiger partial charge on any atom is 0.251 e. The van der Waals surface area contributed by atoms with Crippen LogP contribution in [-0.2, 0) is 11.2 Å². The number of rotatable bonds is 4. The zero-order valence-electron chi connectivity index (χ0n) is 13.0. The van der Waals surface area contributed by atoms with Crippen LogP contribution in [0.15, 0.2) is 40.3 Å². The third-order valence-corrected chi connectivity index (χ3v) is 4.77. The normalized spacial score (nSPS) is 16.7. The summed E-state index contributed by atoms with van der Waals surface area (Å²) in [5, 5.41) is 3.58. The van der Waals surface area contributed by atoms with Crippen molar-refractivity contribution in [3.63, 3.8) is 0 Å². The van der Waals surface area contributed by atoms with Crippen LogP contribution in [0.25, 0.3) is 0 Å². The monoisotopic (exact) mass is 329 g/mol. The second kappa shape index (κ2) is 7.00. The lowest BCUT2D eigenvalue weighted by molar-refractivity contribution is -0.119. The first kappa shape index (κ1) is 15.8. The smallest absolute Gasteiger partial charge is 0.251 e. The van der Waals surface area contributed by atoms with Crippen LogP contribution in [0.1, 0.15) is 35.7 Å². The van der Waals surface area contributed by atoms with E-state index in [4.69, 9.17) is 0 Å². The summed E-state index contributed by atoms with van der Waals surface area (Å²) >= 11 is 1.25. The molecule has 0 radical (unpaired) electrons. The molecule has 2 aromatic rings.